The molecule has 0 atom stereocenters. The highest BCUT2D eigenvalue weighted by atomic mass is 19.4. The minimum atomic E-state index is -4.47. The van der Waals surface area contributed by atoms with E-state index in [4.69, 9.17) is 4.74 Å². The highest BCUT2D eigenvalue weighted by molar-refractivity contribution is 6.03. The number of hydrogen-bond acceptors (Lipinski definition) is 2. The molecule has 0 bridgehead atoms. The van der Waals surface area contributed by atoms with Crippen molar-refractivity contribution < 1.29 is 22.7 Å². The summed E-state index contributed by atoms with van der Waals surface area (Å²) in [7, 11) is 0. The highest BCUT2D eigenvalue weighted by Crippen LogP contribution is 2.48. The Morgan fingerprint density at radius 3 is 2.41 bits per heavy atom. The fraction of sp³-hybridized carbons (Fsp3) is 0.188. The second-order valence-electron chi connectivity index (χ2n) is 5.11. The van der Waals surface area contributed by atoms with Crippen LogP contribution in [0.25, 0.3) is 0 Å². The Kier molecular flexibility index (Phi) is 3.12. The number of nitrogens with zero attached hydrogens (tertiary/aromatic N) is 1. The zero-order valence-corrected chi connectivity index (χ0v) is 11.9. The highest BCUT2D eigenvalue weighted by Gasteiger charge is 2.34. The molecule has 0 saturated carbocycles. The SMILES string of the molecule is CC(=O)N1c2ccc(C(F)(F)F)cc2Oc2ccc(C)cc21. The molecule has 1 heterocycles. The number of anilines is 2. The molecule has 0 aliphatic carbocycles. The van der Waals surface area contributed by atoms with Crippen LogP contribution >= 0.6 is 0 Å². The number of alkyl halides is 3. The lowest BCUT2D eigenvalue weighted by molar-refractivity contribution is -0.137. The van der Waals surface area contributed by atoms with Crippen LogP contribution in [0.2, 0.25) is 0 Å². The lowest BCUT2D eigenvalue weighted by Crippen LogP contribution is -2.26. The van der Waals surface area contributed by atoms with Crippen molar-refractivity contribution >= 4 is 17.3 Å². The van der Waals surface area contributed by atoms with Gasteiger partial charge in [0.25, 0.3) is 0 Å². The number of benzene rings is 2. The number of halogens is 3. The van der Waals surface area contributed by atoms with E-state index >= 15 is 0 Å². The van der Waals surface area contributed by atoms with Gasteiger partial charge in [-0.2, -0.15) is 13.2 Å². The van der Waals surface area contributed by atoms with Gasteiger partial charge in [-0.1, -0.05) is 6.07 Å². The predicted octanol–water partition coefficient (Wildman–Crippen LogP) is 4.80. The number of aryl methyl sites for hydroxylation is 1. The molecule has 6 heteroatoms. The predicted molar refractivity (Wildman–Crippen MR) is 75.5 cm³/mol. The molecule has 1 aliphatic rings. The summed E-state index contributed by atoms with van der Waals surface area (Å²) in [6, 6.07) is 8.29. The van der Waals surface area contributed by atoms with Gasteiger partial charge in [0.2, 0.25) is 5.91 Å². The molecule has 0 N–H and O–H groups in total. The summed E-state index contributed by atoms with van der Waals surface area (Å²) in [6.45, 7) is 3.22. The Morgan fingerprint density at radius 2 is 1.77 bits per heavy atom. The second-order valence-corrected chi connectivity index (χ2v) is 5.11. The summed E-state index contributed by atoms with van der Waals surface area (Å²) in [5.74, 6) is 0.0742. The minimum absolute atomic E-state index is 0.0152. The molecule has 0 fully saturated rings. The van der Waals surface area contributed by atoms with E-state index in [1.54, 1.807) is 18.2 Å². The van der Waals surface area contributed by atoms with Gasteiger partial charge in [-0.05, 0) is 42.8 Å². The third kappa shape index (κ3) is 2.30. The van der Waals surface area contributed by atoms with E-state index in [1.807, 2.05) is 6.92 Å². The monoisotopic (exact) mass is 307 g/mol. The first-order chi connectivity index (χ1) is 10.3. The second kappa shape index (κ2) is 4.76. The van der Waals surface area contributed by atoms with Crippen molar-refractivity contribution in [3.05, 3.63) is 47.5 Å². The lowest BCUT2D eigenvalue weighted by Gasteiger charge is -2.31. The van der Waals surface area contributed by atoms with E-state index in [1.165, 1.54) is 17.9 Å². The third-order valence-electron chi connectivity index (χ3n) is 3.42. The van der Waals surface area contributed by atoms with Crippen molar-refractivity contribution in [3.63, 3.8) is 0 Å². The fourth-order valence-corrected chi connectivity index (χ4v) is 2.43. The van der Waals surface area contributed by atoms with Gasteiger partial charge in [0.15, 0.2) is 11.5 Å². The molecule has 0 spiro atoms. The molecule has 1 amide bonds. The number of hydrogen-bond donors (Lipinski definition) is 0. The van der Waals surface area contributed by atoms with Crippen LogP contribution < -0.4 is 9.64 Å². The van der Waals surface area contributed by atoms with Gasteiger partial charge in [0.05, 0.1) is 16.9 Å². The fourth-order valence-electron chi connectivity index (χ4n) is 2.43. The molecule has 3 rings (SSSR count). The largest absolute Gasteiger partial charge is 0.453 e. The molecule has 0 aromatic heterocycles. The summed E-state index contributed by atoms with van der Waals surface area (Å²) in [5.41, 5.74) is 0.938. The average Bonchev–Trinajstić information content (AvgIpc) is 2.42. The van der Waals surface area contributed by atoms with Crippen LogP contribution in [0.15, 0.2) is 36.4 Å². The van der Waals surface area contributed by atoms with Gasteiger partial charge in [-0.3, -0.25) is 9.69 Å². The summed E-state index contributed by atoms with van der Waals surface area (Å²) in [4.78, 5) is 13.3. The molecule has 0 saturated heterocycles. The summed E-state index contributed by atoms with van der Waals surface area (Å²) >= 11 is 0. The van der Waals surface area contributed by atoms with Gasteiger partial charge in [0.1, 0.15) is 0 Å². The molecule has 3 nitrogen and oxygen atoms in total. The Bertz CT molecular complexity index is 768. The average molecular weight is 307 g/mol. The molecule has 1 aliphatic heterocycles. The third-order valence-corrected chi connectivity index (χ3v) is 3.42. The quantitative estimate of drug-likeness (QED) is 0.699. The van der Waals surface area contributed by atoms with E-state index < -0.39 is 11.7 Å². The number of ether oxygens (including phenoxy) is 1. The first-order valence-corrected chi connectivity index (χ1v) is 6.58. The maximum absolute atomic E-state index is 12.8. The van der Waals surface area contributed by atoms with Gasteiger partial charge in [-0.25, -0.2) is 0 Å². The van der Waals surface area contributed by atoms with Crippen LogP contribution in [0.5, 0.6) is 11.5 Å². The number of rotatable bonds is 0. The molecular weight excluding hydrogens is 295 g/mol. The number of carbonyl (C=O) groups excluding carboxylic acids is 1. The zero-order valence-electron chi connectivity index (χ0n) is 11.9. The Morgan fingerprint density at radius 1 is 1.05 bits per heavy atom. The number of carbonyl (C=O) groups is 1. The molecule has 2 aromatic carbocycles. The maximum Gasteiger partial charge on any atom is 0.416 e. The van der Waals surface area contributed by atoms with E-state index in [9.17, 15) is 18.0 Å². The maximum atomic E-state index is 12.8. The summed E-state index contributed by atoms with van der Waals surface area (Å²) in [6.07, 6.45) is -4.47. The first-order valence-electron chi connectivity index (χ1n) is 6.58. The normalized spacial score (nSPS) is 13.2. The number of fused-ring (bicyclic) bond motifs is 2. The van der Waals surface area contributed by atoms with Crippen LogP contribution in [-0.4, -0.2) is 5.91 Å². The standard InChI is InChI=1S/C16H12F3NO2/c1-9-3-6-14-13(7-9)20(10(2)21)12-5-4-11(16(17,18)19)8-15(12)22-14/h3-8H,1-2H3. The van der Waals surface area contributed by atoms with Crippen molar-refractivity contribution in [1.82, 2.24) is 0 Å². The van der Waals surface area contributed by atoms with Gasteiger partial charge in [0, 0.05) is 6.92 Å². The van der Waals surface area contributed by atoms with Crippen LogP contribution in [0, 0.1) is 6.92 Å². The lowest BCUT2D eigenvalue weighted by atomic mass is 10.1. The van der Waals surface area contributed by atoms with Crippen molar-refractivity contribution in [2.75, 3.05) is 4.90 Å². The van der Waals surface area contributed by atoms with E-state index in [0.29, 0.717) is 17.1 Å². The van der Waals surface area contributed by atoms with Crippen molar-refractivity contribution in [2.24, 2.45) is 0 Å². The Balaban J connectivity index is 2.18. The van der Waals surface area contributed by atoms with Crippen LogP contribution in [0.1, 0.15) is 18.1 Å². The van der Waals surface area contributed by atoms with Gasteiger partial charge >= 0.3 is 6.18 Å². The van der Waals surface area contributed by atoms with Gasteiger partial charge in [-0.15, -0.1) is 0 Å². The van der Waals surface area contributed by atoms with Crippen LogP contribution in [0.3, 0.4) is 0 Å². The Labute approximate surface area is 124 Å². The smallest absolute Gasteiger partial charge is 0.416 e. The topological polar surface area (TPSA) is 29.5 Å². The summed E-state index contributed by atoms with van der Waals surface area (Å²) in [5, 5.41) is 0. The first kappa shape index (κ1) is 14.4. The van der Waals surface area contributed by atoms with Gasteiger partial charge < -0.3 is 4.74 Å². The van der Waals surface area contributed by atoms with E-state index in [2.05, 4.69) is 0 Å². The summed E-state index contributed by atoms with van der Waals surface area (Å²) < 4.78 is 44.0. The number of amides is 1. The molecule has 0 unspecified atom stereocenters. The van der Waals surface area contributed by atoms with Crippen LogP contribution in [-0.2, 0) is 11.0 Å². The van der Waals surface area contributed by atoms with Crippen LogP contribution in [0.4, 0.5) is 24.5 Å². The molecular formula is C16H12F3NO2. The molecule has 114 valence electrons. The van der Waals surface area contributed by atoms with E-state index in [0.717, 1.165) is 17.7 Å². The molecule has 2 aromatic rings. The van der Waals surface area contributed by atoms with Crippen molar-refractivity contribution in [3.8, 4) is 11.5 Å². The van der Waals surface area contributed by atoms with Crippen molar-refractivity contribution in [1.29, 1.82) is 0 Å². The zero-order chi connectivity index (χ0) is 16.1. The molecule has 22 heavy (non-hydrogen) atoms. The molecule has 0 radical (unpaired) electrons. The Hall–Kier alpha value is -2.50. The van der Waals surface area contributed by atoms with E-state index in [-0.39, 0.29) is 11.7 Å². The minimum Gasteiger partial charge on any atom is -0.453 e. The van der Waals surface area contributed by atoms with Crippen molar-refractivity contribution in [2.45, 2.75) is 20.0 Å².